The third-order valence-corrected chi connectivity index (χ3v) is 6.61. The number of amides is 3. The van der Waals surface area contributed by atoms with Gasteiger partial charge in [-0.2, -0.15) is 4.98 Å². The summed E-state index contributed by atoms with van der Waals surface area (Å²) in [5, 5.41) is 25.4. The molecule has 2 heterocycles. The fourth-order valence-electron chi connectivity index (χ4n) is 4.37. The van der Waals surface area contributed by atoms with E-state index in [9.17, 15) is 39.2 Å². The van der Waals surface area contributed by atoms with Crippen molar-refractivity contribution in [2.45, 2.75) is 19.4 Å². The molecule has 1 unspecified atom stereocenters. The lowest BCUT2D eigenvalue weighted by atomic mass is 10.0. The first-order valence-corrected chi connectivity index (χ1v) is 14.1. The van der Waals surface area contributed by atoms with E-state index in [1.54, 1.807) is 49.4 Å². The number of fused-ring (bicyclic) bond motifs is 1. The summed E-state index contributed by atoms with van der Waals surface area (Å²) in [4.78, 5) is 84.0. The largest absolute Gasteiger partial charge is 0.484 e. The maximum Gasteiger partial charge on any atom is 0.407 e. The summed E-state index contributed by atoms with van der Waals surface area (Å²) in [6.45, 7) is -0.454. The molecule has 18 nitrogen and oxygen atoms in total. The summed E-state index contributed by atoms with van der Waals surface area (Å²) in [6, 6.07) is 14.6. The highest BCUT2D eigenvalue weighted by molar-refractivity contribution is 5.91. The lowest BCUT2D eigenvalue weighted by molar-refractivity contribution is -0.385. The quantitative estimate of drug-likeness (QED) is 0.106. The summed E-state index contributed by atoms with van der Waals surface area (Å²) in [5.41, 5.74) is -0.584. The molecule has 47 heavy (non-hydrogen) atoms. The SMILES string of the molecule is CC(COC(=O)NCCN(CC(=O)O)C(=O)Cn1cnc2c(=O)[nH]c(NC(=O)COc3ccccc3)nc21)c1ccccc1[N+](=O)[O-]. The Morgan fingerprint density at radius 1 is 1.13 bits per heavy atom. The summed E-state index contributed by atoms with van der Waals surface area (Å²) >= 11 is 0. The van der Waals surface area contributed by atoms with Gasteiger partial charge in [0.05, 0.1) is 11.3 Å². The molecule has 0 bridgehead atoms. The number of benzene rings is 2. The van der Waals surface area contributed by atoms with Gasteiger partial charge in [0.1, 0.15) is 25.4 Å². The molecule has 0 spiro atoms. The highest BCUT2D eigenvalue weighted by atomic mass is 16.6. The van der Waals surface area contributed by atoms with Crippen LogP contribution in [-0.2, 0) is 25.7 Å². The summed E-state index contributed by atoms with van der Waals surface area (Å²) < 4.78 is 11.7. The number of alkyl carbamates (subject to hydrolysis) is 1. The third kappa shape index (κ3) is 9.33. The third-order valence-electron chi connectivity index (χ3n) is 6.61. The number of carboxylic acid groups (broad SMARTS) is 1. The van der Waals surface area contributed by atoms with Gasteiger partial charge in [-0.05, 0) is 12.1 Å². The molecule has 0 aliphatic rings. The number of nitrogens with zero attached hydrogens (tertiary/aromatic N) is 5. The number of aliphatic carboxylic acids is 1. The molecule has 4 aromatic rings. The molecule has 0 saturated heterocycles. The fourth-order valence-corrected chi connectivity index (χ4v) is 4.37. The first-order valence-electron chi connectivity index (χ1n) is 14.1. The summed E-state index contributed by atoms with van der Waals surface area (Å²) in [6.07, 6.45) is 0.299. The Balaban J connectivity index is 1.33. The van der Waals surface area contributed by atoms with Gasteiger partial charge in [-0.1, -0.05) is 43.3 Å². The molecule has 4 N–H and O–H groups in total. The number of carbonyl (C=O) groups excluding carboxylic acids is 3. The van der Waals surface area contributed by atoms with Crippen molar-refractivity contribution < 1.29 is 38.7 Å². The minimum Gasteiger partial charge on any atom is -0.484 e. The number of imidazole rings is 1. The van der Waals surface area contributed by atoms with E-state index in [2.05, 4.69) is 25.6 Å². The molecule has 3 amide bonds. The normalized spacial score (nSPS) is 11.3. The van der Waals surface area contributed by atoms with Crippen LogP contribution in [0.3, 0.4) is 0 Å². The molecule has 0 aliphatic carbocycles. The number of aromatic nitrogens is 4. The van der Waals surface area contributed by atoms with Crippen molar-refractivity contribution in [2.75, 3.05) is 38.2 Å². The Labute approximate surface area is 265 Å². The maximum atomic E-state index is 13.1. The average Bonchev–Trinajstić information content (AvgIpc) is 3.45. The van der Waals surface area contributed by atoms with Crippen LogP contribution in [0.2, 0.25) is 0 Å². The molecule has 0 radical (unpaired) electrons. The van der Waals surface area contributed by atoms with E-state index in [0.29, 0.717) is 11.3 Å². The number of nitro benzene ring substituents is 1. The van der Waals surface area contributed by atoms with Crippen LogP contribution in [0.4, 0.5) is 16.4 Å². The number of H-pyrrole nitrogens is 1. The number of aromatic amines is 1. The molecule has 2 aromatic heterocycles. The Kier molecular flexibility index (Phi) is 11.1. The van der Waals surface area contributed by atoms with Crippen LogP contribution in [-0.4, -0.2) is 91.2 Å². The predicted octanol–water partition coefficient (Wildman–Crippen LogP) is 1.49. The van der Waals surface area contributed by atoms with Crippen LogP contribution in [0.5, 0.6) is 5.75 Å². The molecule has 0 fully saturated rings. The number of carbonyl (C=O) groups is 4. The van der Waals surface area contributed by atoms with Crippen LogP contribution < -0.4 is 20.9 Å². The fraction of sp³-hybridized carbons (Fsp3) is 0.276. The maximum absolute atomic E-state index is 13.1. The number of rotatable bonds is 15. The van der Waals surface area contributed by atoms with Crippen LogP contribution in [0.1, 0.15) is 18.4 Å². The second-order valence-electron chi connectivity index (χ2n) is 10.1. The second kappa shape index (κ2) is 15.6. The number of anilines is 1. The Hall–Kier alpha value is -6.33. The van der Waals surface area contributed by atoms with Gasteiger partial charge >= 0.3 is 12.1 Å². The van der Waals surface area contributed by atoms with Crippen LogP contribution >= 0.6 is 0 Å². The number of nitro groups is 1. The highest BCUT2D eigenvalue weighted by Gasteiger charge is 2.22. The molecular weight excluding hydrogens is 620 g/mol. The van der Waals surface area contributed by atoms with Gasteiger partial charge in [0, 0.05) is 30.6 Å². The highest BCUT2D eigenvalue weighted by Crippen LogP contribution is 2.26. The lowest BCUT2D eigenvalue weighted by Gasteiger charge is -2.21. The zero-order chi connectivity index (χ0) is 33.9. The van der Waals surface area contributed by atoms with Gasteiger partial charge in [0.25, 0.3) is 17.2 Å². The second-order valence-corrected chi connectivity index (χ2v) is 10.1. The molecule has 0 saturated carbocycles. The standard InChI is InChI=1S/C29H30N8O10/c1-18(20-9-5-6-10-21(20)37(44)45)15-47-29(43)30-11-12-35(14-24(40)41)23(39)13-36-17-31-25-26(36)33-28(34-27(25)42)32-22(38)16-46-19-7-3-2-4-8-19/h2-10,17-18H,11-16H2,1H3,(H,30,43)(H,40,41)(H2,32,33,34,38,42). The molecule has 1 atom stereocenters. The van der Waals surface area contributed by atoms with Gasteiger partial charge in [-0.25, -0.2) is 9.78 Å². The molecule has 4 rings (SSSR count). The van der Waals surface area contributed by atoms with Gasteiger partial charge in [-0.3, -0.25) is 39.6 Å². The first-order chi connectivity index (χ1) is 22.5. The Bertz CT molecular complexity index is 1820. The zero-order valence-corrected chi connectivity index (χ0v) is 25.0. The van der Waals surface area contributed by atoms with E-state index >= 15 is 0 Å². The van der Waals surface area contributed by atoms with Gasteiger partial charge in [0.2, 0.25) is 11.9 Å². The number of hydrogen-bond acceptors (Lipinski definition) is 11. The van der Waals surface area contributed by atoms with Crippen molar-refractivity contribution in [1.29, 1.82) is 0 Å². The van der Waals surface area contributed by atoms with Gasteiger partial charge in [-0.15, -0.1) is 0 Å². The van der Waals surface area contributed by atoms with Crippen LogP contribution in [0.15, 0.2) is 65.7 Å². The summed E-state index contributed by atoms with van der Waals surface area (Å²) in [7, 11) is 0. The van der Waals surface area contributed by atoms with E-state index in [4.69, 9.17) is 9.47 Å². The Morgan fingerprint density at radius 2 is 1.85 bits per heavy atom. The molecule has 246 valence electrons. The molecule has 2 aromatic carbocycles. The van der Waals surface area contributed by atoms with Crippen molar-refractivity contribution in [3.05, 3.63) is 87.0 Å². The molecule has 18 heteroatoms. The topological polar surface area (TPSA) is 241 Å². The zero-order valence-electron chi connectivity index (χ0n) is 25.0. The smallest absolute Gasteiger partial charge is 0.407 e. The van der Waals surface area contributed by atoms with E-state index in [1.165, 1.54) is 23.0 Å². The predicted molar refractivity (Wildman–Crippen MR) is 164 cm³/mol. The van der Waals surface area contributed by atoms with Gasteiger partial charge < -0.3 is 29.4 Å². The van der Waals surface area contributed by atoms with Crippen molar-refractivity contribution in [2.24, 2.45) is 0 Å². The minimum atomic E-state index is -1.31. The van der Waals surface area contributed by atoms with Gasteiger partial charge in [0.15, 0.2) is 17.8 Å². The van der Waals surface area contributed by atoms with Crippen molar-refractivity contribution in [3.63, 3.8) is 0 Å². The number of para-hydroxylation sites is 2. The summed E-state index contributed by atoms with van der Waals surface area (Å²) in [5.74, 6) is -2.88. The Morgan fingerprint density at radius 3 is 2.57 bits per heavy atom. The van der Waals surface area contributed by atoms with E-state index < -0.39 is 53.4 Å². The van der Waals surface area contributed by atoms with E-state index in [-0.39, 0.29) is 49.1 Å². The van der Waals surface area contributed by atoms with E-state index in [1.807, 2.05) is 0 Å². The number of carboxylic acids is 1. The van der Waals surface area contributed by atoms with Crippen LogP contribution in [0, 0.1) is 10.1 Å². The lowest BCUT2D eigenvalue weighted by Crippen LogP contribution is -2.42. The van der Waals surface area contributed by atoms with Crippen molar-refractivity contribution >= 4 is 46.7 Å². The number of ether oxygens (including phenoxy) is 2. The van der Waals surface area contributed by atoms with Crippen molar-refractivity contribution in [1.82, 2.24) is 29.7 Å². The molecular formula is C29H30N8O10. The monoisotopic (exact) mass is 650 g/mol. The molecule has 0 aliphatic heterocycles. The van der Waals surface area contributed by atoms with Crippen LogP contribution in [0.25, 0.3) is 11.2 Å². The number of nitrogens with one attached hydrogen (secondary N) is 3. The first kappa shape index (κ1) is 33.6. The average molecular weight is 651 g/mol. The van der Waals surface area contributed by atoms with E-state index in [0.717, 1.165) is 4.90 Å². The minimum absolute atomic E-state index is 0.0499. The number of hydrogen-bond donors (Lipinski definition) is 4. The van der Waals surface area contributed by atoms with Crippen molar-refractivity contribution in [3.8, 4) is 5.75 Å².